The van der Waals surface area contributed by atoms with Gasteiger partial charge in [-0.2, -0.15) is 0 Å². The van der Waals surface area contributed by atoms with Crippen LogP contribution in [0, 0.1) is 0 Å². The molecule has 0 heterocycles. The molecule has 1 aromatic rings. The maximum atomic E-state index is 12.4. The lowest BCUT2D eigenvalue weighted by molar-refractivity contribution is -0.127. The van der Waals surface area contributed by atoms with Crippen LogP contribution in [-0.2, 0) is 26.8 Å². The van der Waals surface area contributed by atoms with Crippen molar-refractivity contribution in [2.45, 2.75) is 44.9 Å². The lowest BCUT2D eigenvalue weighted by Crippen LogP contribution is -2.49. The maximum absolute atomic E-state index is 12.4. The molecule has 5 nitrogen and oxygen atoms in total. The quantitative estimate of drug-likeness (QED) is 0.868. The summed E-state index contributed by atoms with van der Waals surface area (Å²) in [6, 6.07) is 7.80. The molecule has 1 aromatic carbocycles. The number of rotatable bonds is 6. The highest BCUT2D eigenvalue weighted by Crippen LogP contribution is 2.23. The van der Waals surface area contributed by atoms with E-state index >= 15 is 0 Å². The molecule has 0 aliphatic rings. The van der Waals surface area contributed by atoms with Crippen molar-refractivity contribution in [1.82, 2.24) is 9.62 Å². The van der Waals surface area contributed by atoms with Crippen LogP contribution in [0.2, 0.25) is 0 Å². The summed E-state index contributed by atoms with van der Waals surface area (Å²) < 4.78 is 27.5. The van der Waals surface area contributed by atoms with Crippen LogP contribution in [0.1, 0.15) is 38.8 Å². The highest BCUT2D eigenvalue weighted by atomic mass is 32.2. The van der Waals surface area contributed by atoms with E-state index in [1.807, 2.05) is 24.3 Å². The van der Waals surface area contributed by atoms with Crippen molar-refractivity contribution < 1.29 is 13.2 Å². The van der Waals surface area contributed by atoms with Gasteiger partial charge in [0.15, 0.2) is 5.25 Å². The van der Waals surface area contributed by atoms with Crippen LogP contribution < -0.4 is 4.72 Å². The topological polar surface area (TPSA) is 66.5 Å². The van der Waals surface area contributed by atoms with E-state index in [9.17, 15) is 13.2 Å². The van der Waals surface area contributed by atoms with Gasteiger partial charge in [0.25, 0.3) is 0 Å². The van der Waals surface area contributed by atoms with Crippen molar-refractivity contribution in [2.24, 2.45) is 0 Å². The normalized spacial score (nSPS) is 13.7. The second kappa shape index (κ2) is 6.79. The number of nitrogens with one attached hydrogen (secondary N) is 1. The zero-order valence-electron chi connectivity index (χ0n) is 14.2. The third-order valence-corrected chi connectivity index (χ3v) is 5.66. The molecule has 0 aliphatic heterocycles. The molecule has 0 radical (unpaired) electrons. The number of carbonyl (C=O) groups is 1. The fraction of sp³-hybridized carbons (Fsp3) is 0.562. The van der Waals surface area contributed by atoms with E-state index in [4.69, 9.17) is 0 Å². The van der Waals surface area contributed by atoms with Crippen molar-refractivity contribution in [1.29, 1.82) is 0 Å². The second-order valence-corrected chi connectivity index (χ2v) is 8.20. The summed E-state index contributed by atoms with van der Waals surface area (Å²) in [6.07, 6.45) is 0.931. The first-order chi connectivity index (χ1) is 10.0. The van der Waals surface area contributed by atoms with Crippen LogP contribution in [0.5, 0.6) is 0 Å². The van der Waals surface area contributed by atoms with Crippen LogP contribution in [0.3, 0.4) is 0 Å². The minimum atomic E-state index is -3.77. The van der Waals surface area contributed by atoms with Gasteiger partial charge in [0.1, 0.15) is 0 Å². The lowest BCUT2D eigenvalue weighted by Gasteiger charge is -2.29. The van der Waals surface area contributed by atoms with E-state index in [-0.39, 0.29) is 0 Å². The highest BCUT2D eigenvalue weighted by molar-refractivity contribution is 7.90. The Balaban J connectivity index is 3.01. The Labute approximate surface area is 133 Å². The van der Waals surface area contributed by atoms with Gasteiger partial charge in [0.2, 0.25) is 15.9 Å². The predicted octanol–water partition coefficient (Wildman–Crippen LogP) is 1.88. The molecule has 6 heteroatoms. The Morgan fingerprint density at radius 2 is 1.73 bits per heavy atom. The molecule has 0 spiro atoms. The number of sulfonamides is 1. The van der Waals surface area contributed by atoms with Gasteiger partial charge < -0.3 is 4.90 Å². The first-order valence-electron chi connectivity index (χ1n) is 7.34. The van der Waals surface area contributed by atoms with Crippen molar-refractivity contribution in [3.63, 3.8) is 0 Å². The number of hydrogen-bond donors (Lipinski definition) is 1. The summed E-state index contributed by atoms with van der Waals surface area (Å²) in [5, 5.41) is -1.13. The molecule has 1 amide bonds. The number of aryl methyl sites for hydroxylation is 1. The molecule has 0 saturated heterocycles. The van der Waals surface area contributed by atoms with E-state index in [1.165, 1.54) is 17.4 Å². The minimum Gasteiger partial charge on any atom is -0.348 e. The van der Waals surface area contributed by atoms with Crippen molar-refractivity contribution in [3.8, 4) is 0 Å². The van der Waals surface area contributed by atoms with Crippen molar-refractivity contribution in [3.05, 3.63) is 35.4 Å². The van der Waals surface area contributed by atoms with E-state index in [0.29, 0.717) is 0 Å². The van der Waals surface area contributed by atoms with Crippen LogP contribution >= 0.6 is 0 Å². The van der Waals surface area contributed by atoms with E-state index in [1.54, 1.807) is 27.9 Å². The third kappa shape index (κ3) is 4.30. The number of hydrogen-bond acceptors (Lipinski definition) is 3. The minimum absolute atomic E-state index is 0.440. The van der Waals surface area contributed by atoms with Gasteiger partial charge in [-0.15, -0.1) is 0 Å². The molecule has 1 N–H and O–H groups in total. The van der Waals surface area contributed by atoms with Gasteiger partial charge in [-0.1, -0.05) is 31.2 Å². The highest BCUT2D eigenvalue weighted by Gasteiger charge is 2.34. The van der Waals surface area contributed by atoms with Gasteiger partial charge in [-0.3, -0.25) is 4.79 Å². The Morgan fingerprint density at radius 3 is 2.14 bits per heavy atom. The Bertz CT molecular complexity index is 619. The maximum Gasteiger partial charge on any atom is 0.241 e. The number of amides is 1. The molecule has 0 saturated carbocycles. The van der Waals surface area contributed by atoms with Crippen molar-refractivity contribution in [2.75, 3.05) is 14.1 Å². The van der Waals surface area contributed by atoms with Crippen LogP contribution in [0.4, 0.5) is 0 Å². The monoisotopic (exact) mass is 326 g/mol. The van der Waals surface area contributed by atoms with Crippen molar-refractivity contribution >= 4 is 15.9 Å². The van der Waals surface area contributed by atoms with Crippen LogP contribution in [0.15, 0.2) is 24.3 Å². The van der Waals surface area contributed by atoms with E-state index < -0.39 is 26.7 Å². The molecule has 0 aromatic heterocycles. The van der Waals surface area contributed by atoms with E-state index in [0.717, 1.165) is 12.0 Å². The molecular weight excluding hydrogens is 300 g/mol. The Kier molecular flexibility index (Phi) is 5.76. The SMILES string of the molecule is CCc1ccc(C(C)(C)NS(=O)(=O)C(C)C(=O)N(C)C)cc1. The first-order valence-corrected chi connectivity index (χ1v) is 8.89. The lowest BCUT2D eigenvalue weighted by atomic mass is 9.94. The van der Waals surface area contributed by atoms with Gasteiger partial charge in [-0.25, -0.2) is 13.1 Å². The summed E-state index contributed by atoms with van der Waals surface area (Å²) in [5.41, 5.74) is 1.27. The molecule has 1 rings (SSSR count). The fourth-order valence-electron chi connectivity index (χ4n) is 2.16. The average molecular weight is 326 g/mol. The summed E-state index contributed by atoms with van der Waals surface area (Å²) in [6.45, 7) is 7.05. The molecule has 22 heavy (non-hydrogen) atoms. The molecule has 1 atom stereocenters. The summed E-state index contributed by atoms with van der Waals surface area (Å²) in [7, 11) is -0.678. The second-order valence-electron chi connectivity index (χ2n) is 6.20. The standard InChI is InChI=1S/C16H26N2O3S/c1-7-13-8-10-14(11-9-13)16(3,4)17-22(20,21)12(2)15(19)18(5)6/h8-12,17H,7H2,1-6H3. The fourth-order valence-corrected chi connectivity index (χ4v) is 3.64. The summed E-state index contributed by atoms with van der Waals surface area (Å²) >= 11 is 0. The molecule has 1 unspecified atom stereocenters. The molecule has 124 valence electrons. The van der Waals surface area contributed by atoms with Gasteiger partial charge in [0, 0.05) is 14.1 Å². The number of nitrogens with zero attached hydrogens (tertiary/aromatic N) is 1. The largest absolute Gasteiger partial charge is 0.348 e. The molecule has 0 aliphatic carbocycles. The smallest absolute Gasteiger partial charge is 0.241 e. The predicted molar refractivity (Wildman–Crippen MR) is 89.1 cm³/mol. The van der Waals surface area contributed by atoms with Gasteiger partial charge >= 0.3 is 0 Å². The van der Waals surface area contributed by atoms with Crippen LogP contribution in [-0.4, -0.2) is 38.6 Å². The Morgan fingerprint density at radius 1 is 1.23 bits per heavy atom. The average Bonchev–Trinajstić information content (AvgIpc) is 2.44. The summed E-state index contributed by atoms with van der Waals surface area (Å²) in [5.74, 6) is -0.440. The number of carbonyl (C=O) groups excluding carboxylic acids is 1. The van der Waals surface area contributed by atoms with E-state index in [2.05, 4.69) is 11.6 Å². The van der Waals surface area contributed by atoms with Gasteiger partial charge in [-0.05, 0) is 38.3 Å². The third-order valence-electron chi connectivity index (χ3n) is 3.74. The summed E-state index contributed by atoms with van der Waals surface area (Å²) in [4.78, 5) is 13.2. The molecule has 0 fully saturated rings. The van der Waals surface area contributed by atoms with Gasteiger partial charge in [0.05, 0.1) is 5.54 Å². The zero-order chi connectivity index (χ0) is 17.1. The van der Waals surface area contributed by atoms with Crippen LogP contribution in [0.25, 0.3) is 0 Å². The zero-order valence-corrected chi connectivity index (χ0v) is 15.0. The number of benzene rings is 1. The first kappa shape index (κ1) is 18.6. The molecular formula is C16H26N2O3S. The molecule has 0 bridgehead atoms. The Hall–Kier alpha value is -1.40.